The van der Waals surface area contributed by atoms with Crippen molar-refractivity contribution in [2.75, 3.05) is 21.3 Å². The van der Waals surface area contributed by atoms with Crippen LogP contribution < -0.4 is 9.47 Å². The van der Waals surface area contributed by atoms with Crippen LogP contribution in [0.2, 0.25) is 5.02 Å². The molecule has 0 unspecified atom stereocenters. The molecule has 0 saturated carbocycles. The number of carbonyl (C=O) groups is 1. The van der Waals surface area contributed by atoms with E-state index < -0.39 is 11.7 Å². The van der Waals surface area contributed by atoms with Gasteiger partial charge in [0.05, 0.1) is 51.2 Å². The van der Waals surface area contributed by atoms with Crippen LogP contribution in [0.4, 0.5) is 0 Å². The Hall–Kier alpha value is -3.86. The van der Waals surface area contributed by atoms with Gasteiger partial charge in [0.15, 0.2) is 17.1 Å². The Bertz CT molecular complexity index is 1560. The quantitative estimate of drug-likeness (QED) is 0.174. The van der Waals surface area contributed by atoms with Crippen molar-refractivity contribution in [2.45, 2.75) is 64.1 Å². The number of aromatic nitrogens is 4. The number of hydrogen-bond donors (Lipinski definition) is 0. The molecule has 0 N–H and O–H groups in total. The number of ether oxygens (including phenoxy) is 5. The first-order valence-corrected chi connectivity index (χ1v) is 14.7. The summed E-state index contributed by atoms with van der Waals surface area (Å²) >= 11 is 6.53. The standard InChI is InChI=1S/C32H37ClN4O6/c1-6-32(7-2,31(38)41-5)42-20-22-19-34-35-37(22)17-15-27-26-11-9-16-36(26)25-14-13-21(33)18-24(25)29(43-27)23-10-8-12-28(39-3)30(23)40-4/h8-14,16,18-19,27,29H,6-7,15,17,20H2,1-5H3/t27-,29-/m1/s1. The molecular weight excluding hydrogens is 572 g/mol. The average Bonchev–Trinajstić information content (AvgIpc) is 3.69. The minimum absolute atomic E-state index is 0.166. The van der Waals surface area contributed by atoms with Gasteiger partial charge in [0.2, 0.25) is 0 Å². The van der Waals surface area contributed by atoms with E-state index in [-0.39, 0.29) is 18.7 Å². The fourth-order valence-electron chi connectivity index (χ4n) is 5.73. The number of para-hydroxylation sites is 1. The summed E-state index contributed by atoms with van der Waals surface area (Å²) in [6.07, 6.45) is 4.41. The Morgan fingerprint density at radius 2 is 1.86 bits per heavy atom. The van der Waals surface area contributed by atoms with Gasteiger partial charge >= 0.3 is 5.97 Å². The van der Waals surface area contributed by atoms with Gasteiger partial charge in [-0.25, -0.2) is 9.48 Å². The van der Waals surface area contributed by atoms with Crippen LogP contribution in [-0.2, 0) is 32.2 Å². The number of rotatable bonds is 12. The number of aryl methyl sites for hydroxylation is 1. The fourth-order valence-corrected chi connectivity index (χ4v) is 5.91. The first-order chi connectivity index (χ1) is 20.9. The predicted molar refractivity (Wildman–Crippen MR) is 161 cm³/mol. The molecule has 2 aromatic carbocycles. The SMILES string of the molecule is CCC(CC)(OCc1cnnn1CC[C@H]1O[C@H](c2cccc(OC)c2OC)c2cc(Cl)ccc2-n2cccc21)C(=O)OC. The average molecular weight is 609 g/mol. The van der Waals surface area contributed by atoms with E-state index in [2.05, 4.69) is 20.9 Å². The number of fused-ring (bicyclic) bond motifs is 3. The Balaban J connectivity index is 1.46. The minimum Gasteiger partial charge on any atom is -0.493 e. The number of carbonyl (C=O) groups excluding carboxylic acids is 1. The lowest BCUT2D eigenvalue weighted by molar-refractivity contribution is -0.173. The largest absolute Gasteiger partial charge is 0.493 e. The highest BCUT2D eigenvalue weighted by Crippen LogP contribution is 2.46. The molecule has 1 aliphatic rings. The summed E-state index contributed by atoms with van der Waals surface area (Å²) in [5, 5.41) is 9.05. The molecule has 0 radical (unpaired) electrons. The molecule has 228 valence electrons. The molecule has 0 spiro atoms. The fraction of sp³-hybridized carbons (Fsp3) is 0.406. The molecule has 0 amide bonds. The third kappa shape index (κ3) is 5.87. The van der Waals surface area contributed by atoms with Gasteiger partial charge < -0.3 is 28.3 Å². The van der Waals surface area contributed by atoms with Crippen LogP contribution in [-0.4, -0.2) is 52.5 Å². The zero-order valence-corrected chi connectivity index (χ0v) is 25.8. The van der Waals surface area contributed by atoms with Crippen molar-refractivity contribution in [1.29, 1.82) is 0 Å². The summed E-state index contributed by atoms with van der Waals surface area (Å²) in [5.74, 6) is 0.827. The zero-order valence-electron chi connectivity index (χ0n) is 25.1. The highest BCUT2D eigenvalue weighted by atomic mass is 35.5. The second-order valence-corrected chi connectivity index (χ2v) is 10.7. The Labute approximate surface area is 256 Å². The molecule has 1 aliphatic heterocycles. The lowest BCUT2D eigenvalue weighted by Crippen LogP contribution is -2.41. The number of benzene rings is 2. The van der Waals surface area contributed by atoms with E-state index in [0.717, 1.165) is 28.2 Å². The number of hydrogen-bond acceptors (Lipinski definition) is 8. The van der Waals surface area contributed by atoms with Gasteiger partial charge in [-0.1, -0.05) is 42.8 Å². The highest BCUT2D eigenvalue weighted by Gasteiger charge is 2.38. The van der Waals surface area contributed by atoms with Crippen LogP contribution in [0, 0.1) is 0 Å². The molecule has 0 aliphatic carbocycles. The number of methoxy groups -OCH3 is 3. The molecule has 2 aromatic heterocycles. The van der Waals surface area contributed by atoms with E-state index in [9.17, 15) is 4.79 Å². The van der Waals surface area contributed by atoms with E-state index in [0.29, 0.717) is 42.3 Å². The van der Waals surface area contributed by atoms with Crippen molar-refractivity contribution in [3.05, 3.63) is 88.5 Å². The van der Waals surface area contributed by atoms with Crippen LogP contribution in [0.5, 0.6) is 11.5 Å². The summed E-state index contributed by atoms with van der Waals surface area (Å²) < 4.78 is 33.5. The first-order valence-electron chi connectivity index (χ1n) is 14.3. The normalized spacial score (nSPS) is 16.2. The van der Waals surface area contributed by atoms with Crippen molar-refractivity contribution >= 4 is 17.6 Å². The van der Waals surface area contributed by atoms with Crippen LogP contribution in [0.15, 0.2) is 60.9 Å². The van der Waals surface area contributed by atoms with Gasteiger partial charge in [-0.2, -0.15) is 0 Å². The molecular formula is C32H37ClN4O6. The second kappa shape index (κ2) is 13.2. The van der Waals surface area contributed by atoms with Gasteiger partial charge in [-0.3, -0.25) is 0 Å². The van der Waals surface area contributed by atoms with Gasteiger partial charge in [-0.15, -0.1) is 5.10 Å². The number of halogens is 1. The molecule has 2 atom stereocenters. The maximum absolute atomic E-state index is 12.5. The van der Waals surface area contributed by atoms with Gasteiger partial charge in [-0.05, 0) is 55.7 Å². The van der Waals surface area contributed by atoms with E-state index >= 15 is 0 Å². The topological polar surface area (TPSA) is 98.9 Å². The van der Waals surface area contributed by atoms with Crippen molar-refractivity contribution in [2.24, 2.45) is 0 Å². The Kier molecular flexibility index (Phi) is 9.39. The summed E-state index contributed by atoms with van der Waals surface area (Å²) in [6.45, 7) is 4.48. The molecule has 3 heterocycles. The van der Waals surface area contributed by atoms with Crippen molar-refractivity contribution < 1.29 is 28.5 Å². The smallest absolute Gasteiger partial charge is 0.338 e. The molecule has 0 fully saturated rings. The summed E-state index contributed by atoms with van der Waals surface area (Å²) in [6, 6.07) is 15.7. The summed E-state index contributed by atoms with van der Waals surface area (Å²) in [7, 11) is 4.61. The van der Waals surface area contributed by atoms with Crippen LogP contribution in [0.3, 0.4) is 0 Å². The van der Waals surface area contributed by atoms with Gasteiger partial charge in [0.25, 0.3) is 0 Å². The summed E-state index contributed by atoms with van der Waals surface area (Å²) in [4.78, 5) is 12.5. The van der Waals surface area contributed by atoms with E-state index in [4.69, 9.17) is 35.3 Å². The second-order valence-electron chi connectivity index (χ2n) is 10.3. The molecule has 43 heavy (non-hydrogen) atoms. The molecule has 10 nitrogen and oxygen atoms in total. The van der Waals surface area contributed by atoms with Crippen LogP contribution in [0.1, 0.15) is 67.8 Å². The van der Waals surface area contributed by atoms with Crippen molar-refractivity contribution in [1.82, 2.24) is 19.6 Å². The van der Waals surface area contributed by atoms with E-state index in [1.807, 2.05) is 62.5 Å². The molecule has 11 heteroatoms. The van der Waals surface area contributed by atoms with Crippen LogP contribution >= 0.6 is 11.6 Å². The zero-order chi connectivity index (χ0) is 30.6. The lowest BCUT2D eigenvalue weighted by atomic mass is 9.97. The molecule has 0 bridgehead atoms. The van der Waals surface area contributed by atoms with E-state index in [1.54, 1.807) is 25.1 Å². The maximum atomic E-state index is 12.5. The Morgan fingerprint density at radius 1 is 1.05 bits per heavy atom. The Morgan fingerprint density at radius 3 is 2.58 bits per heavy atom. The maximum Gasteiger partial charge on any atom is 0.338 e. The minimum atomic E-state index is -1.02. The number of esters is 1. The van der Waals surface area contributed by atoms with Crippen molar-refractivity contribution in [3.63, 3.8) is 0 Å². The van der Waals surface area contributed by atoms with Crippen molar-refractivity contribution in [3.8, 4) is 17.2 Å². The lowest BCUT2D eigenvalue weighted by Gasteiger charge is -2.28. The van der Waals surface area contributed by atoms with E-state index in [1.165, 1.54) is 7.11 Å². The predicted octanol–water partition coefficient (Wildman–Crippen LogP) is 6.24. The van der Waals surface area contributed by atoms with Gasteiger partial charge in [0.1, 0.15) is 12.2 Å². The third-order valence-corrected chi connectivity index (χ3v) is 8.39. The summed E-state index contributed by atoms with van der Waals surface area (Å²) in [5.41, 5.74) is 3.43. The first kappa shape index (κ1) is 30.6. The molecule has 0 saturated heterocycles. The highest BCUT2D eigenvalue weighted by molar-refractivity contribution is 6.30. The third-order valence-electron chi connectivity index (χ3n) is 8.15. The monoisotopic (exact) mass is 608 g/mol. The molecule has 5 rings (SSSR count). The molecule has 4 aromatic rings. The van der Waals surface area contributed by atoms with Gasteiger partial charge in [0, 0.05) is 28.9 Å². The number of nitrogens with zero attached hydrogens (tertiary/aromatic N) is 4. The van der Waals surface area contributed by atoms with Crippen LogP contribution in [0.25, 0.3) is 5.69 Å².